The van der Waals surface area contributed by atoms with Crippen LogP contribution in [-0.2, 0) is 9.53 Å². The molecule has 0 aliphatic carbocycles. The fourth-order valence-corrected chi connectivity index (χ4v) is 5.30. The van der Waals surface area contributed by atoms with Crippen LogP contribution in [0.25, 0.3) is 16.8 Å². The first-order valence-corrected chi connectivity index (χ1v) is 11.6. The lowest BCUT2D eigenvalue weighted by atomic mass is 9.96. The van der Waals surface area contributed by atoms with E-state index in [2.05, 4.69) is 17.1 Å². The molecule has 1 atom stereocenters. The summed E-state index contributed by atoms with van der Waals surface area (Å²) in [5.41, 5.74) is 2.60. The quantitative estimate of drug-likeness (QED) is 0.439. The number of carbonyl (C=O) groups excluding carboxylic acids is 1. The Kier molecular flexibility index (Phi) is 5.52. The third-order valence-electron chi connectivity index (χ3n) is 5.74. The second kappa shape index (κ2) is 8.64. The molecule has 0 amide bonds. The van der Waals surface area contributed by atoms with Gasteiger partial charge in [-0.25, -0.2) is 9.79 Å². The molecular formula is C27H22N2O3S. The molecule has 5 nitrogen and oxygen atoms in total. The van der Waals surface area contributed by atoms with Gasteiger partial charge in [0, 0.05) is 0 Å². The lowest BCUT2D eigenvalue weighted by molar-refractivity contribution is -0.139. The number of nitrogens with zero attached hydrogens (tertiary/aromatic N) is 2. The normalized spacial score (nSPS) is 15.9. The van der Waals surface area contributed by atoms with Crippen molar-refractivity contribution in [1.29, 1.82) is 0 Å². The number of carbonyl (C=O) groups is 1. The molecule has 4 aromatic rings. The number of esters is 1. The SMILES string of the molecule is CCOC(=O)C1=C(C)N=c2s/c(=C/c3cccc4ccccc34)c(=O)n2C1c1ccccc1. The summed E-state index contributed by atoms with van der Waals surface area (Å²) in [6.07, 6.45) is 1.91. The summed E-state index contributed by atoms with van der Waals surface area (Å²) in [7, 11) is 0. The van der Waals surface area contributed by atoms with E-state index < -0.39 is 12.0 Å². The minimum absolute atomic E-state index is 0.171. The summed E-state index contributed by atoms with van der Waals surface area (Å²) >= 11 is 1.34. The highest BCUT2D eigenvalue weighted by Gasteiger charge is 2.33. The molecule has 0 radical (unpaired) electrons. The van der Waals surface area contributed by atoms with Crippen molar-refractivity contribution in [2.45, 2.75) is 19.9 Å². The van der Waals surface area contributed by atoms with E-state index in [0.717, 1.165) is 21.9 Å². The van der Waals surface area contributed by atoms with Gasteiger partial charge in [0.15, 0.2) is 4.80 Å². The highest BCUT2D eigenvalue weighted by molar-refractivity contribution is 7.07. The second-order valence-corrected chi connectivity index (χ2v) is 8.79. The van der Waals surface area contributed by atoms with Crippen LogP contribution in [-0.4, -0.2) is 17.1 Å². The molecule has 3 aromatic carbocycles. The number of fused-ring (bicyclic) bond motifs is 2. The van der Waals surface area contributed by atoms with Crippen LogP contribution in [0.3, 0.4) is 0 Å². The zero-order valence-corrected chi connectivity index (χ0v) is 19.1. The van der Waals surface area contributed by atoms with Crippen molar-refractivity contribution in [1.82, 2.24) is 4.57 Å². The molecule has 0 N–H and O–H groups in total. The monoisotopic (exact) mass is 454 g/mol. The van der Waals surface area contributed by atoms with Crippen LogP contribution in [0.1, 0.15) is 31.0 Å². The first-order valence-electron chi connectivity index (χ1n) is 10.8. The van der Waals surface area contributed by atoms with E-state index in [1.807, 2.05) is 66.7 Å². The van der Waals surface area contributed by atoms with E-state index in [0.29, 0.717) is 20.6 Å². The highest BCUT2D eigenvalue weighted by Crippen LogP contribution is 2.30. The fourth-order valence-electron chi connectivity index (χ4n) is 4.26. The first kappa shape index (κ1) is 21.1. The molecule has 0 saturated heterocycles. The Morgan fingerprint density at radius 2 is 1.79 bits per heavy atom. The van der Waals surface area contributed by atoms with Crippen LogP contribution < -0.4 is 14.9 Å². The Labute approximate surface area is 194 Å². The zero-order valence-electron chi connectivity index (χ0n) is 18.3. The fraction of sp³-hybridized carbons (Fsp3) is 0.148. The van der Waals surface area contributed by atoms with E-state index in [9.17, 15) is 9.59 Å². The highest BCUT2D eigenvalue weighted by atomic mass is 32.1. The second-order valence-electron chi connectivity index (χ2n) is 7.78. The van der Waals surface area contributed by atoms with Gasteiger partial charge in [0.25, 0.3) is 5.56 Å². The molecule has 5 rings (SSSR count). The van der Waals surface area contributed by atoms with Gasteiger partial charge in [0.1, 0.15) is 0 Å². The number of hydrogen-bond acceptors (Lipinski definition) is 5. The number of allylic oxidation sites excluding steroid dienone is 1. The van der Waals surface area contributed by atoms with Gasteiger partial charge in [-0.3, -0.25) is 9.36 Å². The maximum Gasteiger partial charge on any atom is 0.338 e. The first-order chi connectivity index (χ1) is 16.1. The number of rotatable bonds is 4. The summed E-state index contributed by atoms with van der Waals surface area (Å²) in [4.78, 5) is 31.8. The molecule has 2 heterocycles. The summed E-state index contributed by atoms with van der Waals surface area (Å²) in [5.74, 6) is -0.448. The Bertz CT molecular complexity index is 1570. The molecule has 0 saturated carbocycles. The Morgan fingerprint density at radius 1 is 1.06 bits per heavy atom. The average molecular weight is 455 g/mol. The molecule has 6 heteroatoms. The molecule has 164 valence electrons. The third kappa shape index (κ3) is 3.72. The van der Waals surface area contributed by atoms with E-state index in [4.69, 9.17) is 4.74 Å². The molecule has 33 heavy (non-hydrogen) atoms. The zero-order chi connectivity index (χ0) is 22.9. The van der Waals surface area contributed by atoms with Crippen molar-refractivity contribution in [3.05, 3.63) is 115 Å². The van der Waals surface area contributed by atoms with Gasteiger partial charge < -0.3 is 4.74 Å². The van der Waals surface area contributed by atoms with Gasteiger partial charge in [-0.2, -0.15) is 0 Å². The standard InChI is InChI=1S/C27H22N2O3S/c1-3-32-26(31)23-17(2)28-27-29(24(23)19-11-5-4-6-12-19)25(30)22(33-27)16-20-14-9-13-18-10-7-8-15-21(18)20/h4-16,24H,3H2,1-2H3/b22-16+. The summed E-state index contributed by atoms with van der Waals surface area (Å²) < 4.78 is 7.53. The predicted molar refractivity (Wildman–Crippen MR) is 131 cm³/mol. The predicted octanol–water partition coefficient (Wildman–Crippen LogP) is 3.95. The van der Waals surface area contributed by atoms with Crippen molar-refractivity contribution in [3.8, 4) is 0 Å². The van der Waals surface area contributed by atoms with Crippen molar-refractivity contribution >= 4 is 34.2 Å². The number of hydrogen-bond donors (Lipinski definition) is 0. The molecule has 1 aliphatic heterocycles. The number of thiazole rings is 1. The van der Waals surface area contributed by atoms with Crippen molar-refractivity contribution in [3.63, 3.8) is 0 Å². The Hall–Kier alpha value is -3.77. The molecule has 1 aromatic heterocycles. The number of ether oxygens (including phenoxy) is 1. The van der Waals surface area contributed by atoms with Crippen molar-refractivity contribution < 1.29 is 9.53 Å². The van der Waals surface area contributed by atoms with Gasteiger partial charge in [0.2, 0.25) is 0 Å². The van der Waals surface area contributed by atoms with Crippen LogP contribution in [0.2, 0.25) is 0 Å². The summed E-state index contributed by atoms with van der Waals surface area (Å²) in [5, 5.41) is 2.19. The Morgan fingerprint density at radius 3 is 2.58 bits per heavy atom. The van der Waals surface area contributed by atoms with Crippen molar-refractivity contribution in [2.75, 3.05) is 6.61 Å². The maximum absolute atomic E-state index is 13.7. The van der Waals surface area contributed by atoms with E-state index in [1.54, 1.807) is 18.4 Å². The van der Waals surface area contributed by atoms with E-state index in [-0.39, 0.29) is 12.2 Å². The topological polar surface area (TPSA) is 60.7 Å². The minimum atomic E-state index is -0.587. The average Bonchev–Trinajstić information content (AvgIpc) is 3.13. The third-order valence-corrected chi connectivity index (χ3v) is 6.73. The molecule has 0 fully saturated rings. The minimum Gasteiger partial charge on any atom is -0.463 e. The number of aromatic nitrogens is 1. The van der Waals surface area contributed by atoms with Gasteiger partial charge in [-0.15, -0.1) is 0 Å². The largest absolute Gasteiger partial charge is 0.463 e. The summed E-state index contributed by atoms with van der Waals surface area (Å²) in [6.45, 7) is 3.82. The smallest absolute Gasteiger partial charge is 0.338 e. The molecular weight excluding hydrogens is 432 g/mol. The lowest BCUT2D eigenvalue weighted by Gasteiger charge is -2.24. The lowest BCUT2D eigenvalue weighted by Crippen LogP contribution is -2.39. The Balaban J connectivity index is 1.75. The van der Waals surface area contributed by atoms with Gasteiger partial charge in [-0.1, -0.05) is 84.1 Å². The van der Waals surface area contributed by atoms with E-state index >= 15 is 0 Å². The summed E-state index contributed by atoms with van der Waals surface area (Å²) in [6, 6.07) is 23.1. The number of benzene rings is 3. The molecule has 0 spiro atoms. The van der Waals surface area contributed by atoms with E-state index in [1.165, 1.54) is 11.3 Å². The molecule has 1 unspecified atom stereocenters. The van der Waals surface area contributed by atoms with Crippen LogP contribution in [0.4, 0.5) is 0 Å². The van der Waals surface area contributed by atoms with Crippen LogP contribution in [0.5, 0.6) is 0 Å². The maximum atomic E-state index is 13.7. The molecule has 1 aliphatic rings. The van der Waals surface area contributed by atoms with Crippen LogP contribution in [0.15, 0.2) is 93.9 Å². The van der Waals surface area contributed by atoms with Crippen LogP contribution in [0, 0.1) is 0 Å². The van der Waals surface area contributed by atoms with Crippen LogP contribution >= 0.6 is 11.3 Å². The van der Waals surface area contributed by atoms with Gasteiger partial charge in [0.05, 0.1) is 28.5 Å². The molecule has 0 bridgehead atoms. The van der Waals surface area contributed by atoms with Gasteiger partial charge >= 0.3 is 5.97 Å². The van der Waals surface area contributed by atoms with Gasteiger partial charge in [-0.05, 0) is 41.8 Å². The van der Waals surface area contributed by atoms with Crippen molar-refractivity contribution in [2.24, 2.45) is 4.99 Å².